The second kappa shape index (κ2) is 11.0. The molecule has 3 aromatic carbocycles. The molecule has 0 heterocycles. The first-order valence-electron chi connectivity index (χ1n) is 9.27. The fourth-order valence-corrected chi connectivity index (χ4v) is 3.07. The fourth-order valence-electron chi connectivity index (χ4n) is 2.56. The predicted molar refractivity (Wildman–Crippen MR) is 120 cm³/mol. The van der Waals surface area contributed by atoms with Crippen molar-refractivity contribution < 1.29 is 23.7 Å². The van der Waals surface area contributed by atoms with Crippen molar-refractivity contribution in [3.05, 3.63) is 98.3 Å². The van der Waals surface area contributed by atoms with Crippen LogP contribution in [0.5, 0.6) is 5.75 Å². The zero-order valence-corrected chi connectivity index (χ0v) is 18.1. The molecule has 164 valence electrons. The van der Waals surface area contributed by atoms with Crippen LogP contribution in [0, 0.1) is 15.9 Å². The standard InChI is InChI=1S/C22H17BrFN3O5/c23-20-11-15(12-25-32-13-16-2-1-3-19(10-16)27(29)30)4-9-21(20)31-14-22(28)26-18-7-5-17(24)6-8-18/h1-12H,13-14H2,(H,26,28)/b25-12-. The van der Waals surface area contributed by atoms with Crippen LogP contribution in [0.1, 0.15) is 11.1 Å². The van der Waals surface area contributed by atoms with Crippen molar-refractivity contribution in [2.24, 2.45) is 5.16 Å². The van der Waals surface area contributed by atoms with E-state index in [1.54, 1.807) is 30.3 Å². The summed E-state index contributed by atoms with van der Waals surface area (Å²) in [5.74, 6) is -0.320. The van der Waals surface area contributed by atoms with Crippen LogP contribution in [-0.2, 0) is 16.2 Å². The summed E-state index contributed by atoms with van der Waals surface area (Å²) < 4.78 is 19.0. The predicted octanol–water partition coefficient (Wildman–Crippen LogP) is 5.06. The number of rotatable bonds is 9. The monoisotopic (exact) mass is 501 g/mol. The number of halogens is 2. The Balaban J connectivity index is 1.48. The largest absolute Gasteiger partial charge is 0.483 e. The Hall–Kier alpha value is -3.79. The number of benzene rings is 3. The van der Waals surface area contributed by atoms with Crippen LogP contribution < -0.4 is 10.1 Å². The molecule has 0 aliphatic carbocycles. The van der Waals surface area contributed by atoms with Crippen molar-refractivity contribution in [3.63, 3.8) is 0 Å². The third-order valence-electron chi connectivity index (χ3n) is 4.07. The van der Waals surface area contributed by atoms with Gasteiger partial charge in [0.1, 0.15) is 18.2 Å². The maximum absolute atomic E-state index is 12.9. The molecule has 32 heavy (non-hydrogen) atoms. The molecule has 1 amide bonds. The second-order valence-corrected chi connectivity index (χ2v) is 7.32. The van der Waals surface area contributed by atoms with Crippen LogP contribution in [0.15, 0.2) is 76.4 Å². The van der Waals surface area contributed by atoms with E-state index >= 15 is 0 Å². The Labute approximate surface area is 190 Å². The number of carbonyl (C=O) groups is 1. The van der Waals surface area contributed by atoms with E-state index in [-0.39, 0.29) is 30.6 Å². The smallest absolute Gasteiger partial charge is 0.269 e. The molecule has 0 saturated carbocycles. The van der Waals surface area contributed by atoms with Gasteiger partial charge in [-0.25, -0.2) is 4.39 Å². The summed E-state index contributed by atoms with van der Waals surface area (Å²) in [5, 5.41) is 17.3. The molecule has 0 unspecified atom stereocenters. The van der Waals surface area contributed by atoms with Crippen LogP contribution in [0.4, 0.5) is 15.8 Å². The third kappa shape index (κ3) is 6.88. The lowest BCUT2D eigenvalue weighted by Gasteiger charge is -2.09. The summed E-state index contributed by atoms with van der Waals surface area (Å²) in [7, 11) is 0. The number of non-ortho nitro benzene ring substituents is 1. The molecule has 3 rings (SSSR count). The summed E-state index contributed by atoms with van der Waals surface area (Å²) in [6, 6.07) is 16.6. The van der Waals surface area contributed by atoms with Gasteiger partial charge in [-0.05, 0) is 69.5 Å². The Morgan fingerprint density at radius 2 is 1.94 bits per heavy atom. The number of ether oxygens (including phenoxy) is 1. The minimum Gasteiger partial charge on any atom is -0.483 e. The summed E-state index contributed by atoms with van der Waals surface area (Å²) >= 11 is 3.37. The number of nitrogens with zero attached hydrogens (tertiary/aromatic N) is 2. The number of nitrogens with one attached hydrogen (secondary N) is 1. The Bertz CT molecular complexity index is 1140. The Morgan fingerprint density at radius 1 is 1.16 bits per heavy atom. The van der Waals surface area contributed by atoms with Gasteiger partial charge < -0.3 is 14.9 Å². The second-order valence-electron chi connectivity index (χ2n) is 6.47. The van der Waals surface area contributed by atoms with Gasteiger partial charge in [-0.15, -0.1) is 0 Å². The molecule has 0 spiro atoms. The van der Waals surface area contributed by atoms with Gasteiger partial charge in [0.2, 0.25) is 0 Å². The average molecular weight is 502 g/mol. The van der Waals surface area contributed by atoms with E-state index in [9.17, 15) is 19.3 Å². The lowest BCUT2D eigenvalue weighted by Crippen LogP contribution is -2.20. The van der Waals surface area contributed by atoms with Crippen molar-refractivity contribution in [2.75, 3.05) is 11.9 Å². The summed E-state index contributed by atoms with van der Waals surface area (Å²) in [6.07, 6.45) is 1.48. The molecule has 0 bridgehead atoms. The molecule has 0 aliphatic rings. The van der Waals surface area contributed by atoms with E-state index in [0.717, 1.165) is 0 Å². The molecule has 1 N–H and O–H groups in total. The van der Waals surface area contributed by atoms with Crippen LogP contribution in [0.3, 0.4) is 0 Å². The lowest BCUT2D eigenvalue weighted by atomic mass is 10.2. The molecule has 0 saturated heterocycles. The molecule has 0 atom stereocenters. The normalized spacial score (nSPS) is 10.7. The number of oxime groups is 1. The van der Waals surface area contributed by atoms with E-state index in [1.165, 1.54) is 42.6 Å². The average Bonchev–Trinajstić information content (AvgIpc) is 2.78. The highest BCUT2D eigenvalue weighted by atomic mass is 79.9. The van der Waals surface area contributed by atoms with E-state index < -0.39 is 4.92 Å². The van der Waals surface area contributed by atoms with Crippen molar-refractivity contribution in [2.45, 2.75) is 6.61 Å². The van der Waals surface area contributed by atoms with Crippen LogP contribution in [-0.4, -0.2) is 23.7 Å². The lowest BCUT2D eigenvalue weighted by molar-refractivity contribution is -0.384. The van der Waals surface area contributed by atoms with Gasteiger partial charge >= 0.3 is 0 Å². The number of nitro groups is 1. The minimum atomic E-state index is -0.472. The van der Waals surface area contributed by atoms with E-state index in [0.29, 0.717) is 27.0 Å². The third-order valence-corrected chi connectivity index (χ3v) is 4.69. The van der Waals surface area contributed by atoms with Crippen molar-refractivity contribution >= 4 is 39.4 Å². The summed E-state index contributed by atoms with van der Waals surface area (Å²) in [4.78, 5) is 27.5. The molecule has 0 radical (unpaired) electrons. The molecule has 3 aromatic rings. The number of nitro benzene ring substituents is 1. The summed E-state index contributed by atoms with van der Waals surface area (Å²) in [6.45, 7) is -0.139. The highest BCUT2D eigenvalue weighted by Gasteiger charge is 2.08. The molecular formula is C22H17BrFN3O5. The number of hydrogen-bond acceptors (Lipinski definition) is 6. The van der Waals surface area contributed by atoms with Crippen molar-refractivity contribution in [3.8, 4) is 5.75 Å². The molecule has 0 aromatic heterocycles. The van der Waals surface area contributed by atoms with Crippen LogP contribution >= 0.6 is 15.9 Å². The molecule has 0 aliphatic heterocycles. The first-order valence-corrected chi connectivity index (χ1v) is 10.1. The zero-order valence-electron chi connectivity index (χ0n) is 16.5. The van der Waals surface area contributed by atoms with Crippen LogP contribution in [0.2, 0.25) is 0 Å². The van der Waals surface area contributed by atoms with Crippen molar-refractivity contribution in [1.29, 1.82) is 0 Å². The van der Waals surface area contributed by atoms with Gasteiger partial charge in [0.05, 0.1) is 15.6 Å². The highest BCUT2D eigenvalue weighted by molar-refractivity contribution is 9.10. The van der Waals surface area contributed by atoms with Gasteiger partial charge in [0.25, 0.3) is 11.6 Å². The Kier molecular flexibility index (Phi) is 7.87. The van der Waals surface area contributed by atoms with Gasteiger partial charge in [-0.2, -0.15) is 0 Å². The van der Waals surface area contributed by atoms with E-state index in [4.69, 9.17) is 9.57 Å². The van der Waals surface area contributed by atoms with E-state index in [2.05, 4.69) is 26.4 Å². The molecule has 8 nitrogen and oxygen atoms in total. The van der Waals surface area contributed by atoms with Gasteiger partial charge in [0, 0.05) is 17.8 Å². The molecular weight excluding hydrogens is 485 g/mol. The number of anilines is 1. The maximum Gasteiger partial charge on any atom is 0.269 e. The topological polar surface area (TPSA) is 103 Å². The minimum absolute atomic E-state index is 0.0130. The first-order chi connectivity index (χ1) is 15.4. The maximum atomic E-state index is 12.9. The molecule has 0 fully saturated rings. The number of amides is 1. The quantitative estimate of drug-likeness (QED) is 0.250. The Morgan fingerprint density at radius 3 is 2.66 bits per heavy atom. The van der Waals surface area contributed by atoms with Crippen molar-refractivity contribution in [1.82, 2.24) is 0 Å². The number of hydrogen-bond donors (Lipinski definition) is 1. The highest BCUT2D eigenvalue weighted by Crippen LogP contribution is 2.25. The van der Waals surface area contributed by atoms with E-state index in [1.807, 2.05) is 0 Å². The fraction of sp³-hybridized carbons (Fsp3) is 0.0909. The molecule has 10 heteroatoms. The SMILES string of the molecule is O=C(COc1ccc(/C=N\OCc2cccc([N+](=O)[O-])c2)cc1Br)Nc1ccc(F)cc1. The van der Waals surface area contributed by atoms with Gasteiger partial charge in [0.15, 0.2) is 6.61 Å². The number of carbonyl (C=O) groups excluding carboxylic acids is 1. The first kappa shape index (κ1) is 22.9. The van der Waals surface area contributed by atoms with Gasteiger partial charge in [-0.1, -0.05) is 17.3 Å². The zero-order chi connectivity index (χ0) is 22.9. The van der Waals surface area contributed by atoms with Gasteiger partial charge in [-0.3, -0.25) is 14.9 Å². The summed E-state index contributed by atoms with van der Waals surface area (Å²) in [5.41, 5.74) is 1.79. The van der Waals surface area contributed by atoms with Crippen LogP contribution in [0.25, 0.3) is 0 Å².